The van der Waals surface area contributed by atoms with Crippen LogP contribution in [-0.4, -0.2) is 31.9 Å². The first-order valence-electron chi connectivity index (χ1n) is 9.21. The Morgan fingerprint density at radius 2 is 2.08 bits per heavy atom. The Bertz CT molecular complexity index is 899. The van der Waals surface area contributed by atoms with E-state index >= 15 is 0 Å². The van der Waals surface area contributed by atoms with E-state index in [0.29, 0.717) is 23.6 Å². The lowest BCUT2D eigenvalue weighted by atomic mass is 9.84. The maximum atomic E-state index is 13.0. The Balaban J connectivity index is 1.64. The molecule has 0 aromatic carbocycles. The zero-order valence-corrected chi connectivity index (χ0v) is 15.0. The third kappa shape index (κ3) is 2.84. The van der Waals surface area contributed by atoms with Crippen LogP contribution in [-0.2, 0) is 24.9 Å². The Morgan fingerprint density at radius 1 is 1.32 bits per heavy atom. The molecule has 0 spiro atoms. The second-order valence-corrected chi connectivity index (χ2v) is 8.07. The van der Waals surface area contributed by atoms with E-state index in [2.05, 4.69) is 11.9 Å². The zero-order valence-electron chi connectivity index (χ0n) is 15.0. The molecule has 1 saturated carbocycles. The van der Waals surface area contributed by atoms with Crippen molar-refractivity contribution in [1.82, 2.24) is 18.7 Å². The first-order valence-corrected chi connectivity index (χ1v) is 9.21. The van der Waals surface area contributed by atoms with Crippen molar-refractivity contribution >= 4 is 11.2 Å². The van der Waals surface area contributed by atoms with Crippen molar-refractivity contribution in [2.24, 2.45) is 18.4 Å². The zero-order chi connectivity index (χ0) is 17.6. The molecule has 136 valence electrons. The summed E-state index contributed by atoms with van der Waals surface area (Å²) in [5.41, 5.74) is 0.772. The smallest absolute Gasteiger partial charge is 0.332 e. The minimum absolute atomic E-state index is 0.199. The van der Waals surface area contributed by atoms with Gasteiger partial charge in [0, 0.05) is 25.6 Å². The van der Waals surface area contributed by atoms with Crippen molar-refractivity contribution in [2.45, 2.75) is 52.1 Å². The summed E-state index contributed by atoms with van der Waals surface area (Å²) in [6.07, 6.45) is 7.16. The van der Waals surface area contributed by atoms with E-state index in [1.165, 1.54) is 28.4 Å². The molecular weight excluding hydrogens is 320 g/mol. The van der Waals surface area contributed by atoms with Crippen LogP contribution in [0.1, 0.15) is 39.0 Å². The maximum absolute atomic E-state index is 13.0. The maximum Gasteiger partial charge on any atom is 0.332 e. The number of nitrogens with zero attached hydrogens (tertiary/aromatic N) is 4. The van der Waals surface area contributed by atoms with E-state index in [9.17, 15) is 9.59 Å². The van der Waals surface area contributed by atoms with Gasteiger partial charge < -0.3 is 9.30 Å². The van der Waals surface area contributed by atoms with Gasteiger partial charge in [-0.05, 0) is 31.6 Å². The molecule has 1 saturated heterocycles. The van der Waals surface area contributed by atoms with Crippen LogP contribution in [0, 0.1) is 11.3 Å². The monoisotopic (exact) mass is 346 g/mol. The van der Waals surface area contributed by atoms with Crippen molar-refractivity contribution in [3.8, 4) is 0 Å². The average molecular weight is 346 g/mol. The Labute approximate surface area is 146 Å². The van der Waals surface area contributed by atoms with E-state index < -0.39 is 0 Å². The number of rotatable bonds is 6. The number of imidazole rings is 1. The summed E-state index contributed by atoms with van der Waals surface area (Å²) in [5, 5.41) is 0. The van der Waals surface area contributed by atoms with Gasteiger partial charge in [-0.25, -0.2) is 9.78 Å². The van der Waals surface area contributed by atoms with Crippen LogP contribution in [0.15, 0.2) is 15.9 Å². The fraction of sp³-hybridized carbons (Fsp3) is 0.722. The van der Waals surface area contributed by atoms with Gasteiger partial charge in [-0.15, -0.1) is 0 Å². The number of hydrogen-bond acceptors (Lipinski definition) is 4. The predicted molar refractivity (Wildman–Crippen MR) is 94.7 cm³/mol. The third-order valence-electron chi connectivity index (χ3n) is 5.84. The van der Waals surface area contributed by atoms with Gasteiger partial charge in [0.15, 0.2) is 11.2 Å². The molecule has 3 heterocycles. The molecule has 2 aliphatic rings. The third-order valence-corrected chi connectivity index (χ3v) is 5.84. The van der Waals surface area contributed by atoms with E-state index in [1.54, 1.807) is 13.4 Å². The van der Waals surface area contributed by atoms with Crippen molar-refractivity contribution < 1.29 is 4.74 Å². The molecule has 7 nitrogen and oxygen atoms in total. The SMILES string of the molecule is Cn1c(=O)n(CCCC2(C)COC2)c(=O)c2c1ncn2CC1CCC1. The molecule has 0 unspecified atom stereocenters. The summed E-state index contributed by atoms with van der Waals surface area (Å²) in [7, 11) is 1.70. The lowest BCUT2D eigenvalue weighted by molar-refractivity contribution is -0.106. The molecule has 0 bridgehead atoms. The standard InChI is InChI=1S/C18H26N4O3/c1-18(10-25-11-18)7-4-8-22-16(23)14-15(20(2)17(22)24)19-12-21(14)9-13-5-3-6-13/h12-13H,3-11H2,1-2H3. The fourth-order valence-corrected chi connectivity index (χ4v) is 3.87. The van der Waals surface area contributed by atoms with Gasteiger partial charge in [-0.1, -0.05) is 13.3 Å². The van der Waals surface area contributed by atoms with Gasteiger partial charge in [0.05, 0.1) is 19.5 Å². The average Bonchev–Trinajstić information content (AvgIpc) is 2.94. The molecule has 0 radical (unpaired) electrons. The van der Waals surface area contributed by atoms with Crippen LogP contribution in [0.5, 0.6) is 0 Å². The molecule has 25 heavy (non-hydrogen) atoms. The highest BCUT2D eigenvalue weighted by atomic mass is 16.5. The second kappa shape index (κ2) is 6.12. The molecule has 7 heteroatoms. The molecule has 1 aliphatic heterocycles. The lowest BCUT2D eigenvalue weighted by Gasteiger charge is -2.38. The van der Waals surface area contributed by atoms with Gasteiger partial charge >= 0.3 is 5.69 Å². The highest BCUT2D eigenvalue weighted by Crippen LogP contribution is 2.31. The molecule has 1 aliphatic carbocycles. The van der Waals surface area contributed by atoms with Crippen molar-refractivity contribution in [3.63, 3.8) is 0 Å². The summed E-state index contributed by atoms with van der Waals surface area (Å²) in [5.74, 6) is 0.626. The van der Waals surface area contributed by atoms with Crippen molar-refractivity contribution in [3.05, 3.63) is 27.2 Å². The molecule has 0 atom stereocenters. The minimum Gasteiger partial charge on any atom is -0.380 e. The number of ether oxygens (including phenoxy) is 1. The number of fused-ring (bicyclic) bond motifs is 1. The lowest BCUT2D eigenvalue weighted by Crippen LogP contribution is -2.42. The van der Waals surface area contributed by atoms with Gasteiger partial charge in [0.2, 0.25) is 0 Å². The molecule has 2 aromatic heterocycles. The van der Waals surface area contributed by atoms with E-state index in [4.69, 9.17) is 4.74 Å². The fourth-order valence-electron chi connectivity index (χ4n) is 3.87. The Kier molecular flexibility index (Phi) is 4.06. The van der Waals surface area contributed by atoms with Crippen LogP contribution < -0.4 is 11.2 Å². The molecule has 2 fully saturated rings. The topological polar surface area (TPSA) is 71.1 Å². The summed E-state index contributed by atoms with van der Waals surface area (Å²) in [4.78, 5) is 29.9. The molecule has 0 amide bonds. The number of aryl methyl sites for hydroxylation is 1. The normalized spacial score (nSPS) is 19.8. The van der Waals surface area contributed by atoms with Crippen molar-refractivity contribution in [1.29, 1.82) is 0 Å². The van der Waals surface area contributed by atoms with Crippen LogP contribution in [0.2, 0.25) is 0 Å². The quantitative estimate of drug-likeness (QED) is 0.795. The summed E-state index contributed by atoms with van der Waals surface area (Å²) in [6.45, 7) is 5.00. The molecule has 4 rings (SSSR count). The Morgan fingerprint density at radius 3 is 2.68 bits per heavy atom. The molecule has 2 aromatic rings. The number of hydrogen-bond donors (Lipinski definition) is 0. The second-order valence-electron chi connectivity index (χ2n) is 8.07. The highest BCUT2D eigenvalue weighted by Gasteiger charge is 2.32. The highest BCUT2D eigenvalue weighted by molar-refractivity contribution is 5.69. The van der Waals surface area contributed by atoms with Crippen LogP contribution >= 0.6 is 0 Å². The first-order chi connectivity index (χ1) is 12.0. The van der Waals surface area contributed by atoms with Crippen molar-refractivity contribution in [2.75, 3.05) is 13.2 Å². The van der Waals surface area contributed by atoms with E-state index in [-0.39, 0.29) is 16.7 Å². The van der Waals surface area contributed by atoms with Gasteiger partial charge in [-0.3, -0.25) is 13.9 Å². The largest absolute Gasteiger partial charge is 0.380 e. The Hall–Kier alpha value is -1.89. The summed E-state index contributed by atoms with van der Waals surface area (Å²) in [6, 6.07) is 0. The van der Waals surface area contributed by atoms with E-state index in [1.807, 2.05) is 4.57 Å². The molecule has 0 N–H and O–H groups in total. The van der Waals surface area contributed by atoms with E-state index in [0.717, 1.165) is 32.6 Å². The summed E-state index contributed by atoms with van der Waals surface area (Å²) >= 11 is 0. The van der Waals surface area contributed by atoms with Gasteiger partial charge in [-0.2, -0.15) is 0 Å². The minimum atomic E-state index is -0.276. The van der Waals surface area contributed by atoms with Crippen LogP contribution in [0.4, 0.5) is 0 Å². The van der Waals surface area contributed by atoms with Crippen LogP contribution in [0.25, 0.3) is 11.2 Å². The predicted octanol–water partition coefficient (Wildman–Crippen LogP) is 1.51. The number of aromatic nitrogens is 4. The summed E-state index contributed by atoms with van der Waals surface area (Å²) < 4.78 is 10.1. The molecular formula is C18H26N4O3. The van der Waals surface area contributed by atoms with Gasteiger partial charge in [0.1, 0.15) is 0 Å². The first kappa shape index (κ1) is 16.6. The van der Waals surface area contributed by atoms with Gasteiger partial charge in [0.25, 0.3) is 5.56 Å². The van der Waals surface area contributed by atoms with Crippen LogP contribution in [0.3, 0.4) is 0 Å².